The molecular formula is C18H29N3O2. The molecule has 5 heteroatoms. The number of hydrogen-bond donors (Lipinski definition) is 1. The van der Waals surface area contributed by atoms with Crippen LogP contribution in [0.5, 0.6) is 0 Å². The summed E-state index contributed by atoms with van der Waals surface area (Å²) in [7, 11) is 0. The standard InChI is InChI=1S/C18H29N3O2/c1-18(2,3)23-17(22)20-14-15-7-11-21(12-8-15)13-9-16-6-4-5-10-19-16/h4-6,10,15H,7-9,11-14H2,1-3H3,(H,20,22). The summed E-state index contributed by atoms with van der Waals surface area (Å²) in [6.45, 7) is 9.60. The third-order valence-corrected chi connectivity index (χ3v) is 4.05. The van der Waals surface area contributed by atoms with Crippen LogP contribution in [0.15, 0.2) is 24.4 Å². The van der Waals surface area contributed by atoms with Gasteiger partial charge >= 0.3 is 6.09 Å². The number of pyridine rings is 1. The molecule has 5 nitrogen and oxygen atoms in total. The van der Waals surface area contributed by atoms with Crippen LogP contribution >= 0.6 is 0 Å². The number of carbonyl (C=O) groups is 1. The van der Waals surface area contributed by atoms with E-state index in [0.29, 0.717) is 12.5 Å². The van der Waals surface area contributed by atoms with Crippen LogP contribution in [0.3, 0.4) is 0 Å². The minimum atomic E-state index is -0.432. The van der Waals surface area contributed by atoms with Crippen LogP contribution in [-0.2, 0) is 11.2 Å². The van der Waals surface area contributed by atoms with Crippen LogP contribution < -0.4 is 5.32 Å². The van der Waals surface area contributed by atoms with Gasteiger partial charge in [-0.1, -0.05) is 6.07 Å². The van der Waals surface area contributed by atoms with Crippen LogP contribution in [-0.4, -0.2) is 47.8 Å². The first-order chi connectivity index (χ1) is 10.9. The molecule has 0 aliphatic carbocycles. The fourth-order valence-corrected chi connectivity index (χ4v) is 2.77. The van der Waals surface area contributed by atoms with Crippen LogP contribution in [0.25, 0.3) is 0 Å². The van der Waals surface area contributed by atoms with Crippen LogP contribution in [0.4, 0.5) is 4.79 Å². The van der Waals surface area contributed by atoms with E-state index in [-0.39, 0.29) is 6.09 Å². The van der Waals surface area contributed by atoms with Gasteiger partial charge in [-0.3, -0.25) is 4.98 Å². The molecule has 1 saturated heterocycles. The molecule has 2 heterocycles. The van der Waals surface area contributed by atoms with E-state index < -0.39 is 5.60 Å². The number of amides is 1. The van der Waals surface area contributed by atoms with Gasteiger partial charge in [-0.05, 0) is 64.8 Å². The monoisotopic (exact) mass is 319 g/mol. The Morgan fingerprint density at radius 1 is 1.35 bits per heavy atom. The zero-order valence-electron chi connectivity index (χ0n) is 14.5. The van der Waals surface area contributed by atoms with Crippen molar-refractivity contribution in [1.82, 2.24) is 15.2 Å². The molecule has 0 aromatic carbocycles. The number of carbonyl (C=O) groups excluding carboxylic acids is 1. The molecule has 1 aromatic rings. The predicted molar refractivity (Wildman–Crippen MR) is 91.3 cm³/mol. The number of piperidine rings is 1. The molecule has 1 amide bonds. The molecule has 0 atom stereocenters. The Labute approximate surface area is 139 Å². The largest absolute Gasteiger partial charge is 0.444 e. The number of rotatable bonds is 5. The van der Waals surface area contributed by atoms with Gasteiger partial charge < -0.3 is 15.0 Å². The van der Waals surface area contributed by atoms with Crippen LogP contribution in [0.2, 0.25) is 0 Å². The third-order valence-electron chi connectivity index (χ3n) is 4.05. The van der Waals surface area contributed by atoms with Crippen molar-refractivity contribution in [3.05, 3.63) is 30.1 Å². The van der Waals surface area contributed by atoms with E-state index in [1.165, 1.54) is 0 Å². The molecular weight excluding hydrogens is 290 g/mol. The molecule has 0 saturated carbocycles. The topological polar surface area (TPSA) is 54.5 Å². The molecule has 128 valence electrons. The zero-order valence-corrected chi connectivity index (χ0v) is 14.5. The fraction of sp³-hybridized carbons (Fsp3) is 0.667. The first-order valence-corrected chi connectivity index (χ1v) is 8.51. The summed E-state index contributed by atoms with van der Waals surface area (Å²) >= 11 is 0. The number of ether oxygens (including phenoxy) is 1. The normalized spacial score (nSPS) is 17.0. The highest BCUT2D eigenvalue weighted by atomic mass is 16.6. The van der Waals surface area contributed by atoms with Crippen molar-refractivity contribution in [2.45, 2.75) is 45.6 Å². The lowest BCUT2D eigenvalue weighted by Crippen LogP contribution is -2.40. The van der Waals surface area contributed by atoms with Gasteiger partial charge in [0.25, 0.3) is 0 Å². The Morgan fingerprint density at radius 2 is 2.09 bits per heavy atom. The van der Waals surface area contributed by atoms with Gasteiger partial charge in [-0.15, -0.1) is 0 Å². The van der Waals surface area contributed by atoms with Gasteiger partial charge in [0.2, 0.25) is 0 Å². The van der Waals surface area contributed by atoms with E-state index >= 15 is 0 Å². The summed E-state index contributed by atoms with van der Waals surface area (Å²) in [5, 5.41) is 2.89. The van der Waals surface area contributed by atoms with Crippen molar-refractivity contribution in [3.63, 3.8) is 0 Å². The Balaban J connectivity index is 1.61. The molecule has 0 radical (unpaired) electrons. The van der Waals surface area contributed by atoms with Gasteiger partial charge in [-0.2, -0.15) is 0 Å². The van der Waals surface area contributed by atoms with E-state index in [4.69, 9.17) is 4.74 Å². The predicted octanol–water partition coefficient (Wildman–Crippen LogP) is 2.86. The quantitative estimate of drug-likeness (QED) is 0.907. The molecule has 0 bridgehead atoms. The SMILES string of the molecule is CC(C)(C)OC(=O)NCC1CCN(CCc2ccccn2)CC1. The lowest BCUT2D eigenvalue weighted by molar-refractivity contribution is 0.0510. The second-order valence-corrected chi connectivity index (χ2v) is 7.24. The number of nitrogens with zero attached hydrogens (tertiary/aromatic N) is 2. The van der Waals surface area contributed by atoms with E-state index in [2.05, 4.69) is 21.3 Å². The maximum absolute atomic E-state index is 11.7. The number of alkyl carbamates (subject to hydrolysis) is 1. The second-order valence-electron chi connectivity index (χ2n) is 7.24. The summed E-state index contributed by atoms with van der Waals surface area (Å²) in [6, 6.07) is 6.07. The Hall–Kier alpha value is -1.62. The number of nitrogens with one attached hydrogen (secondary N) is 1. The van der Waals surface area contributed by atoms with Crippen LogP contribution in [0.1, 0.15) is 39.3 Å². The highest BCUT2D eigenvalue weighted by Gasteiger charge is 2.21. The van der Waals surface area contributed by atoms with E-state index in [9.17, 15) is 4.79 Å². The third kappa shape index (κ3) is 6.99. The molecule has 1 aliphatic heterocycles. The summed E-state index contributed by atoms with van der Waals surface area (Å²) in [4.78, 5) is 18.5. The maximum atomic E-state index is 11.7. The lowest BCUT2D eigenvalue weighted by Gasteiger charge is -2.32. The van der Waals surface area contributed by atoms with Gasteiger partial charge in [0.05, 0.1) is 0 Å². The molecule has 23 heavy (non-hydrogen) atoms. The molecule has 2 rings (SSSR count). The van der Waals surface area contributed by atoms with Gasteiger partial charge in [0.1, 0.15) is 5.60 Å². The molecule has 1 fully saturated rings. The van der Waals surface area contributed by atoms with Gasteiger partial charge in [0, 0.05) is 31.4 Å². The minimum Gasteiger partial charge on any atom is -0.444 e. The second kappa shape index (κ2) is 8.29. The summed E-state index contributed by atoms with van der Waals surface area (Å²) < 4.78 is 5.27. The zero-order chi connectivity index (χ0) is 16.7. The summed E-state index contributed by atoms with van der Waals surface area (Å²) in [6.07, 6.45) is 4.79. The highest BCUT2D eigenvalue weighted by molar-refractivity contribution is 5.67. The summed E-state index contributed by atoms with van der Waals surface area (Å²) in [5.41, 5.74) is 0.722. The van der Waals surface area contributed by atoms with Gasteiger partial charge in [-0.25, -0.2) is 4.79 Å². The highest BCUT2D eigenvalue weighted by Crippen LogP contribution is 2.17. The van der Waals surface area contributed by atoms with Crippen molar-refractivity contribution in [1.29, 1.82) is 0 Å². The molecule has 1 aromatic heterocycles. The lowest BCUT2D eigenvalue weighted by atomic mass is 9.96. The smallest absolute Gasteiger partial charge is 0.407 e. The Morgan fingerprint density at radius 3 is 2.70 bits per heavy atom. The maximum Gasteiger partial charge on any atom is 0.407 e. The molecule has 0 unspecified atom stereocenters. The van der Waals surface area contributed by atoms with E-state index in [1.54, 1.807) is 0 Å². The first-order valence-electron chi connectivity index (χ1n) is 8.51. The van der Waals surface area contributed by atoms with Crippen molar-refractivity contribution >= 4 is 6.09 Å². The van der Waals surface area contributed by atoms with Crippen molar-refractivity contribution in [2.24, 2.45) is 5.92 Å². The number of likely N-dealkylation sites (tertiary alicyclic amines) is 1. The summed E-state index contributed by atoms with van der Waals surface area (Å²) in [5.74, 6) is 0.550. The Kier molecular flexibility index (Phi) is 6.39. The minimum absolute atomic E-state index is 0.310. The number of aromatic nitrogens is 1. The van der Waals surface area contributed by atoms with E-state index in [1.807, 2.05) is 39.1 Å². The van der Waals surface area contributed by atoms with Crippen molar-refractivity contribution in [3.8, 4) is 0 Å². The molecule has 1 N–H and O–H groups in total. The number of hydrogen-bond acceptors (Lipinski definition) is 4. The van der Waals surface area contributed by atoms with Crippen molar-refractivity contribution < 1.29 is 9.53 Å². The average Bonchev–Trinajstić information content (AvgIpc) is 2.51. The molecule has 1 aliphatic rings. The molecule has 0 spiro atoms. The van der Waals surface area contributed by atoms with E-state index in [0.717, 1.165) is 44.6 Å². The van der Waals surface area contributed by atoms with Gasteiger partial charge in [0.15, 0.2) is 0 Å². The first kappa shape index (κ1) is 17.7. The average molecular weight is 319 g/mol. The Bertz CT molecular complexity index is 477. The van der Waals surface area contributed by atoms with Crippen LogP contribution in [0, 0.1) is 5.92 Å². The fourth-order valence-electron chi connectivity index (χ4n) is 2.77. The van der Waals surface area contributed by atoms with Crippen molar-refractivity contribution in [2.75, 3.05) is 26.2 Å².